The molecule has 0 aromatic rings. The molecule has 0 aromatic heterocycles. The molecule has 0 saturated carbocycles. The normalized spacial score (nSPS) is 17.1. The van der Waals surface area contributed by atoms with Crippen LogP contribution >= 0.6 is 0 Å². The smallest absolute Gasteiger partial charge is 0.187 e. The number of hydrogen-bond donors (Lipinski definition) is 0. The quantitative estimate of drug-likeness (QED) is 0.706. The molecule has 0 N–H and O–H groups in total. The number of ether oxygens (including phenoxy) is 1. The summed E-state index contributed by atoms with van der Waals surface area (Å²) < 4.78 is 5.06. The van der Waals surface area contributed by atoms with Gasteiger partial charge in [-0.2, -0.15) is 0 Å². The second kappa shape index (κ2) is 7.51. The van der Waals surface area contributed by atoms with Crippen molar-refractivity contribution in [1.29, 1.82) is 0 Å². The van der Waals surface area contributed by atoms with Crippen LogP contribution in [-0.2, 0) is 9.53 Å². The number of rotatable bonds is 2. The van der Waals surface area contributed by atoms with Gasteiger partial charge in [-0.15, -0.1) is 6.42 Å². The van der Waals surface area contributed by atoms with E-state index in [-0.39, 0.29) is 18.4 Å². The van der Waals surface area contributed by atoms with Gasteiger partial charge >= 0.3 is 0 Å². The SMILES string of the molecule is C#CC#CC#CC#CC#COCC1=NC(C)C(C)(C)C1=O. The number of terminal acetylenes is 1. The van der Waals surface area contributed by atoms with Gasteiger partial charge in [-0.1, -0.05) is 13.8 Å². The van der Waals surface area contributed by atoms with Crippen molar-refractivity contribution in [1.82, 2.24) is 0 Å². The molecule has 1 unspecified atom stereocenters. The molecule has 0 spiro atoms. The highest BCUT2D eigenvalue weighted by molar-refractivity contribution is 6.43. The highest BCUT2D eigenvalue weighted by atomic mass is 16.5. The number of nitrogens with zero attached hydrogens (tertiary/aromatic N) is 1. The van der Waals surface area contributed by atoms with Crippen molar-refractivity contribution >= 4 is 11.5 Å². The summed E-state index contributed by atoms with van der Waals surface area (Å²) in [4.78, 5) is 16.3. The average Bonchev–Trinajstić information content (AvgIpc) is 2.64. The standard InChI is InChI=1S/C18H13NO2/c1-5-6-7-8-9-10-11-12-13-21-14-16-17(20)18(3,4)15(2)19-16/h1,15H,14H2,2-4H3. The summed E-state index contributed by atoms with van der Waals surface area (Å²) >= 11 is 0. The molecule has 0 radical (unpaired) electrons. The number of carbonyl (C=O) groups excluding carboxylic acids is 1. The zero-order valence-corrected chi connectivity index (χ0v) is 12.1. The summed E-state index contributed by atoms with van der Waals surface area (Å²) in [5.41, 5.74) is -0.0554. The molecule has 0 amide bonds. The second-order valence-electron chi connectivity index (χ2n) is 4.71. The lowest BCUT2D eigenvalue weighted by atomic mass is 9.83. The summed E-state index contributed by atoms with van der Waals surface area (Å²) in [6.07, 6.45) is 7.30. The van der Waals surface area contributed by atoms with Gasteiger partial charge in [-0.3, -0.25) is 9.79 Å². The Morgan fingerprint density at radius 1 is 1.14 bits per heavy atom. The first kappa shape index (κ1) is 16.0. The lowest BCUT2D eigenvalue weighted by molar-refractivity contribution is -0.120. The Morgan fingerprint density at radius 2 is 1.71 bits per heavy atom. The van der Waals surface area contributed by atoms with Crippen LogP contribution in [0.4, 0.5) is 0 Å². The molecule has 0 aliphatic carbocycles. The van der Waals surface area contributed by atoms with Crippen LogP contribution in [0.15, 0.2) is 4.99 Å². The Hall–Kier alpha value is -3.06. The monoisotopic (exact) mass is 275 g/mol. The third kappa shape index (κ3) is 4.51. The molecule has 21 heavy (non-hydrogen) atoms. The van der Waals surface area contributed by atoms with Crippen LogP contribution in [0.25, 0.3) is 0 Å². The van der Waals surface area contributed by atoms with Crippen LogP contribution in [0.1, 0.15) is 20.8 Å². The van der Waals surface area contributed by atoms with Crippen molar-refractivity contribution in [3.63, 3.8) is 0 Å². The van der Waals surface area contributed by atoms with Crippen LogP contribution in [0.2, 0.25) is 0 Å². The number of hydrogen-bond acceptors (Lipinski definition) is 3. The molecule has 0 aromatic carbocycles. The van der Waals surface area contributed by atoms with Crippen molar-refractivity contribution in [2.75, 3.05) is 6.61 Å². The minimum Gasteiger partial charge on any atom is -0.439 e. The molecule has 1 aliphatic heterocycles. The van der Waals surface area contributed by atoms with Crippen molar-refractivity contribution in [3.05, 3.63) is 0 Å². The molecule has 1 aliphatic rings. The number of ketones is 1. The zero-order valence-electron chi connectivity index (χ0n) is 12.1. The first-order chi connectivity index (χ1) is 10.00. The molecule has 1 heterocycles. The Kier molecular flexibility index (Phi) is 5.72. The average molecular weight is 275 g/mol. The second-order valence-corrected chi connectivity index (χ2v) is 4.71. The van der Waals surface area contributed by atoms with Crippen molar-refractivity contribution in [2.45, 2.75) is 26.8 Å². The topological polar surface area (TPSA) is 38.7 Å². The van der Waals surface area contributed by atoms with E-state index in [4.69, 9.17) is 11.2 Å². The summed E-state index contributed by atoms with van der Waals surface area (Å²) in [5.74, 6) is 19.2. The minimum atomic E-state index is -0.471. The van der Waals surface area contributed by atoms with E-state index in [1.54, 1.807) is 0 Å². The fourth-order valence-corrected chi connectivity index (χ4v) is 1.48. The van der Waals surface area contributed by atoms with Gasteiger partial charge in [0.05, 0.1) is 11.5 Å². The molecule has 102 valence electrons. The molecule has 3 nitrogen and oxygen atoms in total. The van der Waals surface area contributed by atoms with Crippen LogP contribution in [-0.4, -0.2) is 24.1 Å². The van der Waals surface area contributed by atoms with Crippen LogP contribution in [0.3, 0.4) is 0 Å². The summed E-state index contributed by atoms with van der Waals surface area (Å²) in [5, 5.41) is 0. The fraction of sp³-hybridized carbons (Fsp3) is 0.333. The van der Waals surface area contributed by atoms with Gasteiger partial charge in [0, 0.05) is 23.7 Å². The summed E-state index contributed by atoms with van der Waals surface area (Å²) in [6.45, 7) is 5.72. The van der Waals surface area contributed by atoms with Gasteiger partial charge in [0.2, 0.25) is 0 Å². The van der Waals surface area contributed by atoms with E-state index in [0.29, 0.717) is 5.71 Å². The van der Waals surface area contributed by atoms with E-state index in [1.807, 2.05) is 20.8 Å². The highest BCUT2D eigenvalue weighted by Gasteiger charge is 2.42. The van der Waals surface area contributed by atoms with Crippen LogP contribution in [0.5, 0.6) is 0 Å². The summed E-state index contributed by atoms with van der Waals surface area (Å²) in [6, 6.07) is -0.0456. The maximum Gasteiger partial charge on any atom is 0.187 e. The first-order valence-corrected chi connectivity index (χ1v) is 6.19. The van der Waals surface area contributed by atoms with E-state index in [9.17, 15) is 4.79 Å². The fourth-order valence-electron chi connectivity index (χ4n) is 1.48. The van der Waals surface area contributed by atoms with Crippen LogP contribution in [0, 0.1) is 65.3 Å². The predicted octanol–water partition coefficient (Wildman–Crippen LogP) is 1.05. The predicted molar refractivity (Wildman–Crippen MR) is 81.6 cm³/mol. The van der Waals surface area contributed by atoms with Gasteiger partial charge in [0.15, 0.2) is 5.78 Å². The molecule has 0 saturated heterocycles. The molecule has 1 atom stereocenters. The Balaban J connectivity index is 2.47. The highest BCUT2D eigenvalue weighted by Crippen LogP contribution is 2.30. The molecule has 0 bridgehead atoms. The van der Waals surface area contributed by atoms with E-state index in [0.717, 1.165) is 0 Å². The van der Waals surface area contributed by atoms with E-state index >= 15 is 0 Å². The third-order valence-corrected chi connectivity index (χ3v) is 3.02. The third-order valence-electron chi connectivity index (χ3n) is 3.02. The van der Waals surface area contributed by atoms with Gasteiger partial charge in [-0.25, -0.2) is 0 Å². The van der Waals surface area contributed by atoms with Gasteiger partial charge < -0.3 is 4.74 Å². The zero-order chi connectivity index (χ0) is 15.7. The lowest BCUT2D eigenvalue weighted by Crippen LogP contribution is -2.32. The summed E-state index contributed by atoms with van der Waals surface area (Å²) in [7, 11) is 0. The number of aliphatic imine (C=N–C) groups is 1. The largest absolute Gasteiger partial charge is 0.439 e. The Bertz CT molecular complexity index is 747. The molecular formula is C18H13NO2. The Morgan fingerprint density at radius 3 is 2.24 bits per heavy atom. The van der Waals surface area contributed by atoms with Crippen molar-refractivity contribution < 1.29 is 9.53 Å². The Labute approximate surface area is 125 Å². The molecular weight excluding hydrogens is 262 g/mol. The van der Waals surface area contributed by atoms with Crippen LogP contribution < -0.4 is 0 Å². The van der Waals surface area contributed by atoms with E-state index < -0.39 is 5.41 Å². The number of carbonyl (C=O) groups is 1. The maximum atomic E-state index is 12.0. The van der Waals surface area contributed by atoms with Crippen molar-refractivity contribution in [2.24, 2.45) is 10.4 Å². The maximum absolute atomic E-state index is 12.0. The van der Waals surface area contributed by atoms with Gasteiger partial charge in [0.1, 0.15) is 18.4 Å². The molecule has 1 rings (SSSR count). The lowest BCUT2D eigenvalue weighted by Gasteiger charge is -2.19. The number of Topliss-reactive ketones (excluding diaryl/α,β-unsaturated/α-hetero) is 1. The van der Waals surface area contributed by atoms with E-state index in [1.165, 1.54) is 0 Å². The minimum absolute atomic E-state index is 0.000776. The molecule has 0 fully saturated rings. The van der Waals surface area contributed by atoms with E-state index in [2.05, 4.69) is 58.5 Å². The van der Waals surface area contributed by atoms with Gasteiger partial charge in [-0.05, 0) is 30.6 Å². The first-order valence-electron chi connectivity index (χ1n) is 6.19. The van der Waals surface area contributed by atoms with Gasteiger partial charge in [0.25, 0.3) is 0 Å². The molecule has 3 heteroatoms. The van der Waals surface area contributed by atoms with Crippen molar-refractivity contribution in [3.8, 4) is 59.9 Å².